The lowest BCUT2D eigenvalue weighted by atomic mass is 10.1. The number of hydrogen-bond donors (Lipinski definition) is 3. The van der Waals surface area contributed by atoms with Crippen molar-refractivity contribution in [1.82, 2.24) is 14.8 Å². The summed E-state index contributed by atoms with van der Waals surface area (Å²) >= 11 is 0. The van der Waals surface area contributed by atoms with E-state index in [4.69, 9.17) is 0 Å². The summed E-state index contributed by atoms with van der Waals surface area (Å²) < 4.78 is 1.52. The normalized spacial score (nSPS) is 10.9. The van der Waals surface area contributed by atoms with Gasteiger partial charge in [0.15, 0.2) is 0 Å². The number of H-pyrrole nitrogens is 1. The first-order chi connectivity index (χ1) is 13.4. The van der Waals surface area contributed by atoms with Crippen molar-refractivity contribution in [1.29, 1.82) is 0 Å². The van der Waals surface area contributed by atoms with Crippen LogP contribution in [0.5, 0.6) is 5.75 Å². The van der Waals surface area contributed by atoms with E-state index in [1.807, 2.05) is 50.2 Å². The van der Waals surface area contributed by atoms with Crippen LogP contribution in [0.1, 0.15) is 21.5 Å². The number of fused-ring (bicyclic) bond motifs is 1. The van der Waals surface area contributed by atoms with E-state index in [0.29, 0.717) is 11.3 Å². The van der Waals surface area contributed by atoms with E-state index in [1.165, 1.54) is 10.9 Å². The minimum atomic E-state index is -0.691. The molecule has 0 aliphatic heterocycles. The van der Waals surface area contributed by atoms with Gasteiger partial charge < -0.3 is 15.4 Å². The molecule has 140 valence electrons. The van der Waals surface area contributed by atoms with Gasteiger partial charge in [0, 0.05) is 5.69 Å². The van der Waals surface area contributed by atoms with Gasteiger partial charge in [0.2, 0.25) is 0 Å². The van der Waals surface area contributed by atoms with E-state index in [2.05, 4.69) is 15.4 Å². The molecule has 0 unspecified atom stereocenters. The number of anilines is 1. The van der Waals surface area contributed by atoms with Gasteiger partial charge in [-0.15, -0.1) is 0 Å². The van der Waals surface area contributed by atoms with Crippen LogP contribution in [0.3, 0.4) is 0 Å². The zero-order valence-electron chi connectivity index (χ0n) is 15.4. The highest BCUT2D eigenvalue weighted by atomic mass is 16.3. The fourth-order valence-electron chi connectivity index (χ4n) is 3.05. The van der Waals surface area contributed by atoms with E-state index in [0.717, 1.165) is 16.8 Å². The number of aryl methyl sites for hydroxylation is 2. The summed E-state index contributed by atoms with van der Waals surface area (Å²) in [6.45, 7) is 3.88. The van der Waals surface area contributed by atoms with Gasteiger partial charge in [-0.25, -0.2) is 4.68 Å². The van der Waals surface area contributed by atoms with Crippen LogP contribution in [0.25, 0.3) is 16.7 Å². The third-order valence-corrected chi connectivity index (χ3v) is 4.50. The Balaban J connectivity index is 1.78. The number of aromatic amines is 1. The van der Waals surface area contributed by atoms with Gasteiger partial charge >= 0.3 is 0 Å². The van der Waals surface area contributed by atoms with Gasteiger partial charge in [-0.1, -0.05) is 29.8 Å². The lowest BCUT2D eigenvalue weighted by Gasteiger charge is -2.08. The molecule has 0 saturated heterocycles. The van der Waals surface area contributed by atoms with Crippen molar-refractivity contribution in [2.24, 2.45) is 0 Å². The Kier molecular flexibility index (Phi) is 4.19. The first-order valence-corrected chi connectivity index (χ1v) is 8.72. The Hall–Kier alpha value is -3.87. The first kappa shape index (κ1) is 17.5. The van der Waals surface area contributed by atoms with E-state index < -0.39 is 17.2 Å². The number of hydrogen-bond acceptors (Lipinski definition) is 4. The minimum Gasteiger partial charge on any atom is -0.506 e. The lowest BCUT2D eigenvalue weighted by molar-refractivity contribution is 0.102. The molecule has 0 saturated carbocycles. The smallest absolute Gasteiger partial charge is 0.266 e. The maximum Gasteiger partial charge on any atom is 0.266 e. The number of amides is 1. The molecule has 0 bridgehead atoms. The first-order valence-electron chi connectivity index (χ1n) is 8.72. The number of aromatic nitrogens is 3. The summed E-state index contributed by atoms with van der Waals surface area (Å²) in [7, 11) is 0. The lowest BCUT2D eigenvalue weighted by Crippen LogP contribution is -2.23. The SMILES string of the molecule is Cc1ccc(NC(=O)c2c(O)c3cnn(-c4cccc(C)c4)c3[nH]c2=O)cc1. The molecule has 2 heterocycles. The Labute approximate surface area is 160 Å². The van der Waals surface area contributed by atoms with Crippen molar-refractivity contribution in [2.45, 2.75) is 13.8 Å². The molecule has 1 amide bonds. The molecule has 0 radical (unpaired) electrons. The van der Waals surface area contributed by atoms with E-state index in [1.54, 1.807) is 12.1 Å². The van der Waals surface area contributed by atoms with Crippen LogP contribution in [-0.2, 0) is 0 Å². The second kappa shape index (κ2) is 6.70. The molecule has 2 aromatic heterocycles. The van der Waals surface area contributed by atoms with Crippen molar-refractivity contribution in [2.75, 3.05) is 5.32 Å². The Morgan fingerprint density at radius 2 is 1.86 bits per heavy atom. The van der Waals surface area contributed by atoms with Crippen LogP contribution in [0.4, 0.5) is 5.69 Å². The van der Waals surface area contributed by atoms with E-state index >= 15 is 0 Å². The topological polar surface area (TPSA) is 100 Å². The molecule has 0 aliphatic rings. The molecule has 7 nitrogen and oxygen atoms in total. The van der Waals surface area contributed by atoms with Gasteiger partial charge in [0.1, 0.15) is 17.0 Å². The molecular formula is C21H18N4O3. The van der Waals surface area contributed by atoms with Gasteiger partial charge in [-0.05, 0) is 43.7 Å². The van der Waals surface area contributed by atoms with Gasteiger partial charge in [-0.3, -0.25) is 9.59 Å². The van der Waals surface area contributed by atoms with Crippen molar-refractivity contribution in [3.63, 3.8) is 0 Å². The molecule has 3 N–H and O–H groups in total. The number of nitrogens with zero attached hydrogens (tertiary/aromatic N) is 2. The molecule has 2 aromatic carbocycles. The maximum atomic E-state index is 12.6. The highest BCUT2D eigenvalue weighted by Gasteiger charge is 2.22. The molecular weight excluding hydrogens is 356 g/mol. The molecule has 28 heavy (non-hydrogen) atoms. The summed E-state index contributed by atoms with van der Waals surface area (Å²) in [5.41, 5.74) is 2.62. The average Bonchev–Trinajstić information content (AvgIpc) is 3.07. The number of carbonyl (C=O) groups is 1. The summed E-state index contributed by atoms with van der Waals surface area (Å²) in [4.78, 5) is 27.8. The van der Waals surface area contributed by atoms with Crippen LogP contribution >= 0.6 is 0 Å². The minimum absolute atomic E-state index is 0.287. The van der Waals surface area contributed by atoms with Crippen LogP contribution in [0.15, 0.2) is 59.5 Å². The van der Waals surface area contributed by atoms with Crippen molar-refractivity contribution >= 4 is 22.6 Å². The number of benzene rings is 2. The van der Waals surface area contributed by atoms with Crippen molar-refractivity contribution < 1.29 is 9.90 Å². The quantitative estimate of drug-likeness (QED) is 0.512. The Morgan fingerprint density at radius 1 is 1.11 bits per heavy atom. The van der Waals surface area contributed by atoms with Crippen molar-refractivity contribution in [3.8, 4) is 11.4 Å². The van der Waals surface area contributed by atoms with Crippen LogP contribution in [0, 0.1) is 13.8 Å². The largest absolute Gasteiger partial charge is 0.506 e. The number of aromatic hydroxyl groups is 1. The Bertz CT molecular complexity index is 1250. The fraction of sp³-hybridized carbons (Fsp3) is 0.0952. The van der Waals surface area contributed by atoms with Gasteiger partial charge in [0.25, 0.3) is 11.5 Å². The predicted molar refractivity (Wildman–Crippen MR) is 107 cm³/mol. The van der Waals surface area contributed by atoms with Crippen LogP contribution < -0.4 is 10.9 Å². The molecule has 0 fully saturated rings. The molecule has 7 heteroatoms. The summed E-state index contributed by atoms with van der Waals surface area (Å²) in [5.74, 6) is -1.09. The molecule has 0 atom stereocenters. The van der Waals surface area contributed by atoms with Gasteiger partial charge in [0.05, 0.1) is 17.3 Å². The summed E-state index contributed by atoms with van der Waals surface area (Å²) in [5, 5.41) is 17.8. The van der Waals surface area contributed by atoms with Crippen LogP contribution in [0.2, 0.25) is 0 Å². The van der Waals surface area contributed by atoms with Gasteiger partial charge in [-0.2, -0.15) is 5.10 Å². The third-order valence-electron chi connectivity index (χ3n) is 4.50. The fourth-order valence-corrected chi connectivity index (χ4v) is 3.05. The summed E-state index contributed by atoms with van der Waals surface area (Å²) in [6, 6.07) is 14.7. The molecule has 4 aromatic rings. The van der Waals surface area contributed by atoms with Crippen LogP contribution in [-0.4, -0.2) is 25.8 Å². The predicted octanol–water partition coefficient (Wildman–Crippen LogP) is 3.29. The second-order valence-corrected chi connectivity index (χ2v) is 6.66. The summed E-state index contributed by atoms with van der Waals surface area (Å²) in [6.07, 6.45) is 1.42. The van der Waals surface area contributed by atoms with E-state index in [-0.39, 0.29) is 10.9 Å². The molecule has 4 rings (SSSR count). The number of nitrogens with one attached hydrogen (secondary N) is 2. The standard InChI is InChI=1S/C21H18N4O3/c1-12-6-8-14(9-7-12)23-20(27)17-18(26)16-11-22-25(19(16)24-21(17)28)15-5-3-4-13(2)10-15/h3-11H,1-2H3,(H,23,27)(H2,24,26,28). The highest BCUT2D eigenvalue weighted by molar-refractivity contribution is 6.08. The second-order valence-electron chi connectivity index (χ2n) is 6.66. The number of pyridine rings is 1. The van der Waals surface area contributed by atoms with Crippen molar-refractivity contribution in [3.05, 3.63) is 81.8 Å². The molecule has 0 spiro atoms. The zero-order valence-corrected chi connectivity index (χ0v) is 15.4. The maximum absolute atomic E-state index is 12.6. The third kappa shape index (κ3) is 3.03. The monoisotopic (exact) mass is 374 g/mol. The average molecular weight is 374 g/mol. The Morgan fingerprint density at radius 3 is 2.57 bits per heavy atom. The molecule has 0 aliphatic carbocycles. The number of rotatable bonds is 3. The zero-order chi connectivity index (χ0) is 19.8. The van der Waals surface area contributed by atoms with E-state index in [9.17, 15) is 14.7 Å². The number of carbonyl (C=O) groups excluding carboxylic acids is 1. The highest BCUT2D eigenvalue weighted by Crippen LogP contribution is 2.27.